The van der Waals surface area contributed by atoms with E-state index >= 15 is 0 Å². The summed E-state index contributed by atoms with van der Waals surface area (Å²) in [4.78, 5) is 4.70. The lowest BCUT2D eigenvalue weighted by atomic mass is 10.2. The number of para-hydroxylation sites is 2. The van der Waals surface area contributed by atoms with E-state index in [1.165, 1.54) is 11.6 Å². The van der Waals surface area contributed by atoms with E-state index in [0.29, 0.717) is 18.7 Å². The van der Waals surface area contributed by atoms with Gasteiger partial charge in [-0.2, -0.15) is 0 Å². The van der Waals surface area contributed by atoms with Crippen LogP contribution in [-0.2, 0) is 19.6 Å². The first-order valence-corrected chi connectivity index (χ1v) is 9.14. The van der Waals surface area contributed by atoms with E-state index in [9.17, 15) is 4.39 Å². The number of rotatable bonds is 6. The molecule has 3 aromatic carbocycles. The molecule has 1 aromatic heterocycles. The minimum Gasteiger partial charge on any atom is -0.486 e. The highest BCUT2D eigenvalue weighted by atomic mass is 19.1. The molecule has 0 fully saturated rings. The Bertz CT molecular complexity index is 1050. The first-order valence-electron chi connectivity index (χ1n) is 9.14. The fraction of sp³-hybridized carbons (Fsp3) is 0.174. The standard InChI is InChI=1S/C23H21FN2O/c1-2-17-11-13-19(14-12-17)27-16-23-25-21-9-5-6-10-22(21)26(23)15-18-7-3-4-8-20(18)24/h3-14H,2,15-16H2,1H3. The molecule has 0 saturated carbocycles. The molecule has 4 rings (SSSR count). The van der Waals surface area contributed by atoms with Gasteiger partial charge in [0, 0.05) is 5.56 Å². The van der Waals surface area contributed by atoms with Gasteiger partial charge in [0.1, 0.15) is 24.0 Å². The number of fused-ring (bicyclic) bond motifs is 1. The monoisotopic (exact) mass is 360 g/mol. The zero-order valence-corrected chi connectivity index (χ0v) is 15.2. The number of hydrogen-bond donors (Lipinski definition) is 0. The van der Waals surface area contributed by atoms with E-state index in [2.05, 4.69) is 19.1 Å². The molecule has 136 valence electrons. The summed E-state index contributed by atoms with van der Waals surface area (Å²) in [5, 5.41) is 0. The van der Waals surface area contributed by atoms with E-state index in [-0.39, 0.29) is 5.82 Å². The SMILES string of the molecule is CCc1ccc(OCc2nc3ccccc3n2Cc2ccccc2F)cc1. The molecule has 0 aliphatic rings. The van der Waals surface area contributed by atoms with Gasteiger partial charge in [-0.15, -0.1) is 0 Å². The Morgan fingerprint density at radius 1 is 0.926 bits per heavy atom. The van der Waals surface area contributed by atoms with Crippen LogP contribution in [0.15, 0.2) is 72.8 Å². The quantitative estimate of drug-likeness (QED) is 0.462. The van der Waals surface area contributed by atoms with Gasteiger partial charge < -0.3 is 9.30 Å². The second-order valence-corrected chi connectivity index (χ2v) is 6.48. The highest BCUT2D eigenvalue weighted by Crippen LogP contribution is 2.21. The number of aromatic nitrogens is 2. The molecule has 27 heavy (non-hydrogen) atoms. The van der Waals surface area contributed by atoms with Crippen LogP contribution in [0.1, 0.15) is 23.9 Å². The predicted octanol–water partition coefficient (Wildman–Crippen LogP) is 5.37. The summed E-state index contributed by atoms with van der Waals surface area (Å²) >= 11 is 0. The molecule has 0 aliphatic carbocycles. The Morgan fingerprint density at radius 2 is 1.67 bits per heavy atom. The number of ether oxygens (including phenoxy) is 1. The average molecular weight is 360 g/mol. The third-order valence-electron chi connectivity index (χ3n) is 4.72. The third-order valence-corrected chi connectivity index (χ3v) is 4.72. The molecule has 1 heterocycles. The molecule has 0 saturated heterocycles. The summed E-state index contributed by atoms with van der Waals surface area (Å²) in [5.41, 5.74) is 3.76. The molecule has 0 unspecified atom stereocenters. The maximum atomic E-state index is 14.2. The van der Waals surface area contributed by atoms with E-state index in [4.69, 9.17) is 9.72 Å². The number of halogens is 1. The summed E-state index contributed by atoms with van der Waals surface area (Å²) < 4.78 is 22.1. The summed E-state index contributed by atoms with van der Waals surface area (Å²) in [6, 6.07) is 22.8. The zero-order chi connectivity index (χ0) is 18.6. The molecule has 4 aromatic rings. The summed E-state index contributed by atoms with van der Waals surface area (Å²) in [5.74, 6) is 1.37. The smallest absolute Gasteiger partial charge is 0.148 e. The minimum atomic E-state index is -0.211. The van der Waals surface area contributed by atoms with Gasteiger partial charge in [0.2, 0.25) is 0 Å². The molecular formula is C23H21FN2O. The van der Waals surface area contributed by atoms with Crippen LogP contribution in [0.5, 0.6) is 5.75 Å². The van der Waals surface area contributed by atoms with Gasteiger partial charge in [-0.05, 0) is 42.3 Å². The van der Waals surface area contributed by atoms with Crippen molar-refractivity contribution in [3.05, 3.63) is 95.6 Å². The Balaban J connectivity index is 1.64. The molecule has 0 radical (unpaired) electrons. The summed E-state index contributed by atoms with van der Waals surface area (Å²) in [6.45, 7) is 2.87. The van der Waals surface area contributed by atoms with E-state index in [1.807, 2.05) is 47.0 Å². The molecule has 0 atom stereocenters. The Morgan fingerprint density at radius 3 is 2.44 bits per heavy atom. The number of benzene rings is 3. The lowest BCUT2D eigenvalue weighted by Crippen LogP contribution is -2.09. The lowest BCUT2D eigenvalue weighted by molar-refractivity contribution is 0.291. The van der Waals surface area contributed by atoms with Gasteiger partial charge in [-0.25, -0.2) is 9.37 Å². The zero-order valence-electron chi connectivity index (χ0n) is 15.2. The second-order valence-electron chi connectivity index (χ2n) is 6.48. The number of nitrogens with zero attached hydrogens (tertiary/aromatic N) is 2. The molecule has 0 amide bonds. The number of imidazole rings is 1. The van der Waals surface area contributed by atoms with Crippen molar-refractivity contribution in [1.29, 1.82) is 0 Å². The topological polar surface area (TPSA) is 27.1 Å². The Hall–Kier alpha value is -3.14. The minimum absolute atomic E-state index is 0.211. The first kappa shape index (κ1) is 17.3. The second kappa shape index (κ2) is 7.62. The van der Waals surface area contributed by atoms with E-state index in [0.717, 1.165) is 29.0 Å². The molecule has 0 bridgehead atoms. The number of aryl methyl sites for hydroxylation is 1. The maximum absolute atomic E-state index is 14.2. The van der Waals surface area contributed by atoms with E-state index < -0.39 is 0 Å². The van der Waals surface area contributed by atoms with Crippen LogP contribution in [0.4, 0.5) is 4.39 Å². The molecular weight excluding hydrogens is 339 g/mol. The highest BCUT2D eigenvalue weighted by molar-refractivity contribution is 5.76. The van der Waals surface area contributed by atoms with Gasteiger partial charge in [0.25, 0.3) is 0 Å². The normalized spacial score (nSPS) is 11.0. The van der Waals surface area contributed by atoms with Crippen molar-refractivity contribution in [3.8, 4) is 5.75 Å². The fourth-order valence-electron chi connectivity index (χ4n) is 3.18. The average Bonchev–Trinajstić information content (AvgIpc) is 3.06. The molecule has 4 heteroatoms. The van der Waals surface area contributed by atoms with Crippen LogP contribution >= 0.6 is 0 Å². The fourth-order valence-corrected chi connectivity index (χ4v) is 3.18. The number of hydrogen-bond acceptors (Lipinski definition) is 2. The van der Waals surface area contributed by atoms with Crippen LogP contribution in [0.2, 0.25) is 0 Å². The van der Waals surface area contributed by atoms with Crippen molar-refractivity contribution in [2.75, 3.05) is 0 Å². The lowest BCUT2D eigenvalue weighted by Gasteiger charge is -2.11. The maximum Gasteiger partial charge on any atom is 0.148 e. The van der Waals surface area contributed by atoms with Crippen LogP contribution < -0.4 is 4.74 Å². The summed E-state index contributed by atoms with van der Waals surface area (Å²) in [6.07, 6.45) is 0.999. The molecule has 0 aliphatic heterocycles. The third kappa shape index (κ3) is 3.70. The summed E-state index contributed by atoms with van der Waals surface area (Å²) in [7, 11) is 0. The van der Waals surface area contributed by atoms with Gasteiger partial charge in [-0.3, -0.25) is 0 Å². The largest absolute Gasteiger partial charge is 0.486 e. The van der Waals surface area contributed by atoms with Crippen molar-refractivity contribution < 1.29 is 9.13 Å². The Kier molecular flexibility index (Phi) is 4.88. The van der Waals surface area contributed by atoms with Crippen LogP contribution in [-0.4, -0.2) is 9.55 Å². The van der Waals surface area contributed by atoms with Crippen molar-refractivity contribution in [2.24, 2.45) is 0 Å². The highest BCUT2D eigenvalue weighted by Gasteiger charge is 2.13. The van der Waals surface area contributed by atoms with Crippen LogP contribution in [0.3, 0.4) is 0 Å². The predicted molar refractivity (Wildman–Crippen MR) is 105 cm³/mol. The van der Waals surface area contributed by atoms with Crippen LogP contribution in [0.25, 0.3) is 11.0 Å². The van der Waals surface area contributed by atoms with Gasteiger partial charge in [-0.1, -0.05) is 49.4 Å². The first-order chi connectivity index (χ1) is 13.2. The van der Waals surface area contributed by atoms with Crippen molar-refractivity contribution in [1.82, 2.24) is 9.55 Å². The van der Waals surface area contributed by atoms with Crippen molar-refractivity contribution in [2.45, 2.75) is 26.5 Å². The molecule has 0 N–H and O–H groups in total. The van der Waals surface area contributed by atoms with Crippen LogP contribution in [0, 0.1) is 5.82 Å². The van der Waals surface area contributed by atoms with E-state index in [1.54, 1.807) is 12.1 Å². The van der Waals surface area contributed by atoms with Crippen molar-refractivity contribution >= 4 is 11.0 Å². The Labute approximate surface area is 158 Å². The molecule has 0 spiro atoms. The van der Waals surface area contributed by atoms with Gasteiger partial charge in [0.15, 0.2) is 0 Å². The molecule has 3 nitrogen and oxygen atoms in total. The van der Waals surface area contributed by atoms with Crippen molar-refractivity contribution in [3.63, 3.8) is 0 Å². The van der Waals surface area contributed by atoms with Gasteiger partial charge >= 0.3 is 0 Å². The van der Waals surface area contributed by atoms with Gasteiger partial charge in [0.05, 0.1) is 17.6 Å².